The molecule has 0 radical (unpaired) electrons. The summed E-state index contributed by atoms with van der Waals surface area (Å²) in [6, 6.07) is 14.7. The van der Waals surface area contributed by atoms with Gasteiger partial charge in [0.25, 0.3) is 0 Å². The molecule has 3 atom stereocenters. The Morgan fingerprint density at radius 1 is 1.05 bits per heavy atom. The lowest BCUT2D eigenvalue weighted by Gasteiger charge is -2.30. The van der Waals surface area contributed by atoms with Crippen LogP contribution >= 0.6 is 0 Å². The van der Waals surface area contributed by atoms with Crippen LogP contribution in [0.4, 0.5) is 0 Å². The van der Waals surface area contributed by atoms with Crippen molar-refractivity contribution in [1.82, 2.24) is 0 Å². The van der Waals surface area contributed by atoms with E-state index in [1.807, 2.05) is 0 Å². The van der Waals surface area contributed by atoms with Gasteiger partial charge < -0.3 is 5.11 Å². The smallest absolute Gasteiger partial charge is 0.0818 e. The predicted octanol–water partition coefficient (Wildman–Crippen LogP) is 4.70. The molecule has 1 nitrogen and oxygen atoms in total. The van der Waals surface area contributed by atoms with Gasteiger partial charge in [0.2, 0.25) is 0 Å². The average molecular weight is 254 g/mol. The highest BCUT2D eigenvalue weighted by Crippen LogP contribution is 2.37. The fourth-order valence-corrected chi connectivity index (χ4v) is 3.43. The predicted molar refractivity (Wildman–Crippen MR) is 80.0 cm³/mol. The molecule has 1 N–H and O–H groups in total. The van der Waals surface area contributed by atoms with Crippen molar-refractivity contribution < 1.29 is 5.11 Å². The van der Waals surface area contributed by atoms with Crippen LogP contribution in [0.3, 0.4) is 0 Å². The number of fused-ring (bicyclic) bond motifs is 1. The summed E-state index contributed by atoms with van der Waals surface area (Å²) < 4.78 is 0. The number of benzene rings is 2. The highest BCUT2D eigenvalue weighted by molar-refractivity contribution is 5.83. The van der Waals surface area contributed by atoms with E-state index in [1.54, 1.807) is 0 Å². The second-order valence-electron chi connectivity index (χ2n) is 6.08. The Morgan fingerprint density at radius 2 is 1.84 bits per heavy atom. The number of aliphatic hydroxyl groups excluding tert-OH is 1. The summed E-state index contributed by atoms with van der Waals surface area (Å²) in [5.74, 6) is 1.19. The zero-order chi connectivity index (χ0) is 13.2. The Morgan fingerprint density at radius 3 is 2.63 bits per heavy atom. The van der Waals surface area contributed by atoms with Gasteiger partial charge in [-0.2, -0.15) is 0 Å². The maximum Gasteiger partial charge on any atom is 0.0818 e. The molecule has 1 aliphatic rings. The summed E-state index contributed by atoms with van der Waals surface area (Å²) in [6.45, 7) is 2.30. The largest absolute Gasteiger partial charge is 0.388 e. The SMILES string of the molecule is CC1CCCC(C(O)c2ccc3ccccc3c2)C1. The summed E-state index contributed by atoms with van der Waals surface area (Å²) in [6.07, 6.45) is 4.61. The van der Waals surface area contributed by atoms with Gasteiger partial charge in [0.1, 0.15) is 0 Å². The maximum absolute atomic E-state index is 10.6. The fraction of sp³-hybridized carbons (Fsp3) is 0.444. The van der Waals surface area contributed by atoms with Crippen LogP contribution in [-0.2, 0) is 0 Å². The lowest BCUT2D eigenvalue weighted by molar-refractivity contribution is 0.0715. The van der Waals surface area contributed by atoms with Gasteiger partial charge in [-0.1, -0.05) is 56.2 Å². The second-order valence-corrected chi connectivity index (χ2v) is 6.08. The second kappa shape index (κ2) is 5.34. The van der Waals surface area contributed by atoms with Crippen LogP contribution in [0.15, 0.2) is 42.5 Å². The molecule has 0 saturated heterocycles. The van der Waals surface area contributed by atoms with Crippen LogP contribution in [0.25, 0.3) is 10.8 Å². The molecule has 0 aromatic heterocycles. The molecular weight excluding hydrogens is 232 g/mol. The zero-order valence-electron chi connectivity index (χ0n) is 11.5. The van der Waals surface area contributed by atoms with E-state index in [2.05, 4.69) is 49.4 Å². The van der Waals surface area contributed by atoms with E-state index in [4.69, 9.17) is 0 Å². The molecule has 0 spiro atoms. The molecule has 2 aromatic rings. The molecule has 3 unspecified atom stereocenters. The third kappa shape index (κ3) is 2.66. The molecule has 1 heteroatoms. The zero-order valence-corrected chi connectivity index (χ0v) is 11.5. The topological polar surface area (TPSA) is 20.2 Å². The van der Waals surface area contributed by atoms with Gasteiger partial charge in [0.05, 0.1) is 6.10 Å². The molecule has 0 bridgehead atoms. The van der Waals surface area contributed by atoms with Crippen LogP contribution in [0, 0.1) is 11.8 Å². The van der Waals surface area contributed by atoms with E-state index in [9.17, 15) is 5.11 Å². The van der Waals surface area contributed by atoms with E-state index in [1.165, 1.54) is 30.0 Å². The molecule has 1 aliphatic carbocycles. The lowest BCUT2D eigenvalue weighted by atomic mass is 9.78. The monoisotopic (exact) mass is 254 g/mol. The molecule has 2 aromatic carbocycles. The molecule has 0 heterocycles. The molecule has 3 rings (SSSR count). The summed E-state index contributed by atoms with van der Waals surface area (Å²) in [7, 11) is 0. The van der Waals surface area contributed by atoms with Gasteiger partial charge in [0.15, 0.2) is 0 Å². The third-order valence-corrected chi connectivity index (χ3v) is 4.54. The quantitative estimate of drug-likeness (QED) is 0.823. The maximum atomic E-state index is 10.6. The minimum atomic E-state index is -0.299. The van der Waals surface area contributed by atoms with Crippen molar-refractivity contribution >= 4 is 10.8 Å². The minimum Gasteiger partial charge on any atom is -0.388 e. The van der Waals surface area contributed by atoms with Crippen LogP contribution in [0.2, 0.25) is 0 Å². The Bertz CT molecular complexity index is 560. The molecule has 100 valence electrons. The van der Waals surface area contributed by atoms with E-state index in [0.717, 1.165) is 17.9 Å². The van der Waals surface area contributed by atoms with Crippen LogP contribution < -0.4 is 0 Å². The van der Waals surface area contributed by atoms with E-state index in [-0.39, 0.29) is 6.10 Å². The van der Waals surface area contributed by atoms with Crippen molar-refractivity contribution in [2.75, 3.05) is 0 Å². The molecule has 0 amide bonds. The minimum absolute atomic E-state index is 0.299. The number of hydrogen-bond acceptors (Lipinski definition) is 1. The van der Waals surface area contributed by atoms with Crippen molar-refractivity contribution in [1.29, 1.82) is 0 Å². The van der Waals surface area contributed by atoms with Gasteiger partial charge >= 0.3 is 0 Å². The fourth-order valence-electron chi connectivity index (χ4n) is 3.43. The van der Waals surface area contributed by atoms with Crippen molar-refractivity contribution in [3.63, 3.8) is 0 Å². The van der Waals surface area contributed by atoms with E-state index < -0.39 is 0 Å². The first-order valence-electron chi connectivity index (χ1n) is 7.41. The highest BCUT2D eigenvalue weighted by atomic mass is 16.3. The Balaban J connectivity index is 1.86. The van der Waals surface area contributed by atoms with Crippen LogP contribution in [-0.4, -0.2) is 5.11 Å². The summed E-state index contributed by atoms with van der Waals surface area (Å²) >= 11 is 0. The van der Waals surface area contributed by atoms with Crippen molar-refractivity contribution in [2.45, 2.75) is 38.7 Å². The molecule has 0 aliphatic heterocycles. The van der Waals surface area contributed by atoms with Gasteiger partial charge in [0, 0.05) is 0 Å². The molecule has 1 saturated carbocycles. The van der Waals surface area contributed by atoms with E-state index in [0.29, 0.717) is 5.92 Å². The standard InChI is InChI=1S/C18H22O/c1-13-5-4-8-16(11-13)18(19)17-10-9-14-6-2-3-7-15(14)12-17/h2-3,6-7,9-10,12-13,16,18-19H,4-5,8,11H2,1H3. The Kier molecular flexibility index (Phi) is 3.56. The van der Waals surface area contributed by atoms with Crippen LogP contribution in [0.5, 0.6) is 0 Å². The van der Waals surface area contributed by atoms with Crippen molar-refractivity contribution in [3.05, 3.63) is 48.0 Å². The summed E-state index contributed by atoms with van der Waals surface area (Å²) in [4.78, 5) is 0. The van der Waals surface area contributed by atoms with Crippen LogP contribution in [0.1, 0.15) is 44.3 Å². The molecule has 1 fully saturated rings. The first-order valence-corrected chi connectivity index (χ1v) is 7.41. The number of rotatable bonds is 2. The highest BCUT2D eigenvalue weighted by Gasteiger charge is 2.26. The van der Waals surface area contributed by atoms with Gasteiger partial charge in [-0.05, 0) is 47.1 Å². The Hall–Kier alpha value is -1.34. The average Bonchev–Trinajstić information content (AvgIpc) is 2.46. The van der Waals surface area contributed by atoms with Gasteiger partial charge in [-0.25, -0.2) is 0 Å². The van der Waals surface area contributed by atoms with Crippen molar-refractivity contribution in [2.24, 2.45) is 11.8 Å². The summed E-state index contributed by atoms with van der Waals surface area (Å²) in [5, 5.41) is 13.1. The first-order chi connectivity index (χ1) is 9.24. The van der Waals surface area contributed by atoms with Gasteiger partial charge in [-0.15, -0.1) is 0 Å². The van der Waals surface area contributed by atoms with E-state index >= 15 is 0 Å². The first kappa shape index (κ1) is 12.7. The third-order valence-electron chi connectivity index (χ3n) is 4.54. The number of hydrogen-bond donors (Lipinski definition) is 1. The Labute approximate surface area is 115 Å². The number of aliphatic hydroxyl groups is 1. The van der Waals surface area contributed by atoms with Crippen molar-refractivity contribution in [3.8, 4) is 0 Å². The summed E-state index contributed by atoms with van der Waals surface area (Å²) in [5.41, 5.74) is 1.08. The van der Waals surface area contributed by atoms with Gasteiger partial charge in [-0.3, -0.25) is 0 Å². The lowest BCUT2D eigenvalue weighted by Crippen LogP contribution is -2.20. The molecular formula is C18H22O. The normalized spacial score (nSPS) is 25.4. The molecule has 19 heavy (non-hydrogen) atoms.